The van der Waals surface area contributed by atoms with Crippen molar-refractivity contribution in [3.63, 3.8) is 0 Å². The summed E-state index contributed by atoms with van der Waals surface area (Å²) in [4.78, 5) is 15.8. The molecule has 0 amide bonds. The van der Waals surface area contributed by atoms with E-state index in [1.165, 1.54) is 0 Å². The molecule has 7 nitrogen and oxygen atoms in total. The van der Waals surface area contributed by atoms with Crippen LogP contribution in [0.3, 0.4) is 0 Å². The number of nitrogens with one attached hydrogen (secondary N) is 1. The van der Waals surface area contributed by atoms with Gasteiger partial charge in [-0.3, -0.25) is 0 Å². The normalized spacial score (nSPS) is 15.1. The van der Waals surface area contributed by atoms with Crippen molar-refractivity contribution in [2.45, 2.75) is 39.2 Å². The molecule has 2 aliphatic rings. The highest BCUT2D eigenvalue weighted by atomic mass is 35.5. The Hall–Kier alpha value is -5.92. The maximum Gasteiger partial charge on any atom is 0.340 e. The van der Waals surface area contributed by atoms with Crippen molar-refractivity contribution in [3.05, 3.63) is 160 Å². The molecule has 0 radical (unpaired) electrons. The van der Waals surface area contributed by atoms with Crippen molar-refractivity contribution in [2.75, 3.05) is 23.4 Å². The van der Waals surface area contributed by atoms with E-state index in [1.807, 2.05) is 110 Å². The Morgan fingerprint density at radius 3 is 1.92 bits per heavy atom. The number of benzene rings is 6. The number of aryl methyl sites for hydroxylation is 1. The van der Waals surface area contributed by atoms with E-state index in [-0.39, 0.29) is 5.97 Å². The maximum atomic E-state index is 13.6. The molecule has 2 aliphatic heterocycles. The molecule has 1 atom stereocenters. The molecule has 6 aromatic rings. The van der Waals surface area contributed by atoms with Gasteiger partial charge < -0.3 is 29.2 Å². The molecule has 0 saturated heterocycles. The van der Waals surface area contributed by atoms with Crippen molar-refractivity contribution in [1.29, 1.82) is 0 Å². The fourth-order valence-electron chi connectivity index (χ4n) is 7.04. The topological polar surface area (TPSA) is 69.3 Å². The van der Waals surface area contributed by atoms with Crippen LogP contribution in [0.2, 0.25) is 5.02 Å². The second-order valence-electron chi connectivity index (χ2n) is 13.2. The Balaban J connectivity index is 1.26. The largest absolute Gasteiger partial charge is 0.494 e. The molecule has 1 N–H and O–H groups in total. The van der Waals surface area contributed by atoms with Crippen LogP contribution in [-0.2, 0) is 10.3 Å². The predicted octanol–water partition coefficient (Wildman–Crippen LogP) is 12.0. The lowest BCUT2D eigenvalue weighted by Crippen LogP contribution is -2.33. The van der Waals surface area contributed by atoms with Crippen LogP contribution in [0.1, 0.15) is 59.3 Å². The lowest BCUT2D eigenvalue weighted by molar-refractivity contribution is 0.0224. The van der Waals surface area contributed by atoms with Gasteiger partial charge in [0.2, 0.25) is 0 Å². The molecule has 1 spiro atoms. The van der Waals surface area contributed by atoms with Crippen molar-refractivity contribution < 1.29 is 23.7 Å². The van der Waals surface area contributed by atoms with E-state index in [4.69, 9.17) is 30.5 Å². The van der Waals surface area contributed by atoms with Gasteiger partial charge in [-0.25, -0.2) is 4.79 Å². The van der Waals surface area contributed by atoms with Crippen LogP contribution in [0.5, 0.6) is 23.0 Å². The zero-order valence-corrected chi connectivity index (χ0v) is 30.6. The van der Waals surface area contributed by atoms with Gasteiger partial charge in [-0.2, -0.15) is 0 Å². The standard InChI is InChI=1S/C45H39ClN2O5/c1-4-24-50-35-19-14-32(15-20-35)48(33-16-21-36(22-17-33)51-25-5-2)34-18-23-39-43(27-34)52-42-26-29(3)41(47-31-12-10-30(46)11-13-31)28-40(42)45(39)38-9-7-6-8-37(38)44(49)53-45/h6-23,26-28,47H,4-5,24-25H2,1-3H3. The van der Waals surface area contributed by atoms with Gasteiger partial charge in [0.05, 0.1) is 18.8 Å². The number of carbonyl (C=O) groups excluding carboxylic acids is 1. The van der Waals surface area contributed by atoms with Crippen molar-refractivity contribution in [1.82, 2.24) is 0 Å². The number of carbonyl (C=O) groups is 1. The van der Waals surface area contributed by atoms with Gasteiger partial charge in [-0.15, -0.1) is 0 Å². The van der Waals surface area contributed by atoms with Crippen molar-refractivity contribution in [2.24, 2.45) is 0 Å². The Morgan fingerprint density at radius 1 is 0.679 bits per heavy atom. The van der Waals surface area contributed by atoms with E-state index in [1.54, 1.807) is 0 Å². The van der Waals surface area contributed by atoms with Crippen LogP contribution in [0.15, 0.2) is 127 Å². The number of fused-ring (bicyclic) bond motifs is 6. The molecule has 0 fully saturated rings. The average molecular weight is 723 g/mol. The summed E-state index contributed by atoms with van der Waals surface area (Å²) in [6.45, 7) is 7.51. The van der Waals surface area contributed by atoms with Crippen LogP contribution in [0, 0.1) is 6.92 Å². The third kappa shape index (κ3) is 6.31. The van der Waals surface area contributed by atoms with Gasteiger partial charge in [0, 0.05) is 56.2 Å². The highest BCUT2D eigenvalue weighted by molar-refractivity contribution is 6.30. The average Bonchev–Trinajstić information content (AvgIpc) is 3.47. The number of ether oxygens (including phenoxy) is 4. The summed E-state index contributed by atoms with van der Waals surface area (Å²) in [5, 5.41) is 4.18. The summed E-state index contributed by atoms with van der Waals surface area (Å²) in [5.41, 5.74) is 6.98. The fraction of sp³-hybridized carbons (Fsp3) is 0.178. The zero-order chi connectivity index (χ0) is 36.5. The van der Waals surface area contributed by atoms with E-state index in [0.717, 1.165) is 75.0 Å². The third-order valence-corrected chi connectivity index (χ3v) is 9.81. The molecule has 0 aliphatic carbocycles. The number of hydrogen-bond donors (Lipinski definition) is 1. The number of nitrogens with zero attached hydrogens (tertiary/aromatic N) is 1. The molecule has 53 heavy (non-hydrogen) atoms. The van der Waals surface area contributed by atoms with E-state index in [9.17, 15) is 4.79 Å². The number of anilines is 5. The van der Waals surface area contributed by atoms with E-state index in [2.05, 4.69) is 48.3 Å². The van der Waals surface area contributed by atoms with Gasteiger partial charge in [0.1, 0.15) is 23.0 Å². The minimum Gasteiger partial charge on any atom is -0.494 e. The molecule has 2 heterocycles. The van der Waals surface area contributed by atoms with E-state index >= 15 is 0 Å². The minimum absolute atomic E-state index is 0.381. The third-order valence-electron chi connectivity index (χ3n) is 9.56. The van der Waals surface area contributed by atoms with Gasteiger partial charge in [-0.1, -0.05) is 43.6 Å². The van der Waals surface area contributed by atoms with E-state index in [0.29, 0.717) is 35.3 Å². The Labute approximate surface area is 314 Å². The molecule has 0 bridgehead atoms. The van der Waals surface area contributed by atoms with Gasteiger partial charge in [0.15, 0.2) is 5.60 Å². The number of hydrogen-bond acceptors (Lipinski definition) is 7. The first-order chi connectivity index (χ1) is 25.9. The number of halogens is 1. The molecular weight excluding hydrogens is 684 g/mol. The van der Waals surface area contributed by atoms with Crippen LogP contribution in [0.4, 0.5) is 28.4 Å². The van der Waals surface area contributed by atoms with Crippen molar-refractivity contribution in [3.8, 4) is 23.0 Å². The first-order valence-corrected chi connectivity index (χ1v) is 18.3. The number of esters is 1. The molecule has 266 valence electrons. The second kappa shape index (κ2) is 14.2. The van der Waals surface area contributed by atoms with E-state index < -0.39 is 5.60 Å². The SMILES string of the molecule is CCCOc1ccc(N(c2ccc(OCCC)cc2)c2ccc3c(c2)Oc2cc(C)c(Nc4ccc(Cl)cc4)cc2C32OC(=O)c3ccccc32)cc1. The Morgan fingerprint density at radius 2 is 1.28 bits per heavy atom. The van der Waals surface area contributed by atoms with Crippen LogP contribution < -0.4 is 24.4 Å². The smallest absolute Gasteiger partial charge is 0.340 e. The summed E-state index contributed by atoms with van der Waals surface area (Å²) in [6, 6.07) is 41.4. The molecule has 6 aromatic carbocycles. The summed E-state index contributed by atoms with van der Waals surface area (Å²) in [7, 11) is 0. The summed E-state index contributed by atoms with van der Waals surface area (Å²) in [5.74, 6) is 2.45. The Bertz CT molecular complexity index is 2240. The highest BCUT2D eigenvalue weighted by Gasteiger charge is 2.53. The van der Waals surface area contributed by atoms with Gasteiger partial charge >= 0.3 is 5.97 Å². The summed E-state index contributed by atoms with van der Waals surface area (Å²) in [6.07, 6.45) is 1.86. The van der Waals surface area contributed by atoms with Gasteiger partial charge in [-0.05, 0) is 128 Å². The molecule has 0 aromatic heterocycles. The Kier molecular flexibility index (Phi) is 9.19. The maximum absolute atomic E-state index is 13.6. The molecule has 1 unspecified atom stereocenters. The molecule has 0 saturated carbocycles. The number of rotatable bonds is 11. The van der Waals surface area contributed by atoms with Crippen molar-refractivity contribution >= 4 is 46.0 Å². The summed E-state index contributed by atoms with van der Waals surface area (Å²) < 4.78 is 25.1. The highest BCUT2D eigenvalue weighted by Crippen LogP contribution is 2.58. The lowest BCUT2D eigenvalue weighted by atomic mass is 9.77. The first kappa shape index (κ1) is 34.2. The molecule has 8 heteroatoms. The molecule has 8 rings (SSSR count). The summed E-state index contributed by atoms with van der Waals surface area (Å²) >= 11 is 6.17. The first-order valence-electron chi connectivity index (χ1n) is 18.0. The quantitative estimate of drug-likeness (QED) is 0.133. The van der Waals surface area contributed by atoms with Gasteiger partial charge in [0.25, 0.3) is 0 Å². The minimum atomic E-state index is -1.24. The second-order valence-corrected chi connectivity index (χ2v) is 13.7. The van der Waals surface area contributed by atoms with Crippen LogP contribution >= 0.6 is 11.6 Å². The lowest BCUT2D eigenvalue weighted by Gasteiger charge is -2.38. The van der Waals surface area contributed by atoms with Crippen LogP contribution in [0.25, 0.3) is 0 Å². The predicted molar refractivity (Wildman–Crippen MR) is 210 cm³/mol. The monoisotopic (exact) mass is 722 g/mol. The molecular formula is C45H39ClN2O5. The fourth-order valence-corrected chi connectivity index (χ4v) is 7.17. The zero-order valence-electron chi connectivity index (χ0n) is 29.8. The van der Waals surface area contributed by atoms with Crippen LogP contribution in [-0.4, -0.2) is 19.2 Å².